The first-order valence-corrected chi connectivity index (χ1v) is 6.69. The minimum absolute atomic E-state index is 0.0857. The number of hydrogen-bond donors (Lipinski definition) is 0. The molecule has 0 saturated carbocycles. The number of carbonyl (C=O) groups is 1. The first kappa shape index (κ1) is 13.8. The fourth-order valence-corrected chi connectivity index (χ4v) is 2.63. The van der Waals surface area contributed by atoms with Crippen LogP contribution in [0.2, 0.25) is 0 Å². The number of carbonyl (C=O) groups excluding carboxylic acids is 1. The van der Waals surface area contributed by atoms with Crippen molar-refractivity contribution in [2.75, 3.05) is 6.54 Å². The molecule has 0 aromatic carbocycles. The molecule has 2 heterocycles. The average molecular weight is 262 g/mol. The zero-order valence-corrected chi connectivity index (χ0v) is 12.4. The van der Waals surface area contributed by atoms with E-state index in [-0.39, 0.29) is 16.9 Å². The first-order chi connectivity index (χ1) is 8.71. The largest absolute Gasteiger partial charge is 0.338 e. The van der Waals surface area contributed by atoms with Gasteiger partial charge in [0.15, 0.2) is 0 Å². The second-order valence-corrected chi connectivity index (χ2v) is 6.33. The Morgan fingerprint density at radius 3 is 2.47 bits per heavy atom. The predicted molar refractivity (Wildman–Crippen MR) is 75.2 cm³/mol. The number of amides is 1. The Kier molecular flexibility index (Phi) is 3.29. The highest BCUT2D eigenvalue weighted by atomic mass is 16.2. The molecule has 0 saturated heterocycles. The summed E-state index contributed by atoms with van der Waals surface area (Å²) in [4.78, 5) is 25.7. The van der Waals surface area contributed by atoms with E-state index in [1.165, 1.54) is 0 Å². The first-order valence-electron chi connectivity index (χ1n) is 6.69. The maximum Gasteiger partial charge on any atom is 0.254 e. The number of aromatic nitrogens is 1. The van der Waals surface area contributed by atoms with Crippen LogP contribution in [0.4, 0.5) is 0 Å². The summed E-state index contributed by atoms with van der Waals surface area (Å²) < 4.78 is 1.76. The van der Waals surface area contributed by atoms with E-state index in [1.807, 2.05) is 38.8 Å². The molecule has 0 fully saturated rings. The van der Waals surface area contributed by atoms with Gasteiger partial charge >= 0.3 is 0 Å². The maximum atomic E-state index is 12.4. The normalized spacial score (nSPS) is 15.3. The molecular weight excluding hydrogens is 240 g/mol. The van der Waals surface area contributed by atoms with Crippen LogP contribution in [0, 0.1) is 0 Å². The van der Waals surface area contributed by atoms with Crippen LogP contribution in [0.3, 0.4) is 0 Å². The number of nitrogens with zero attached hydrogens (tertiary/aromatic N) is 2. The van der Waals surface area contributed by atoms with Crippen molar-refractivity contribution in [2.45, 2.75) is 46.1 Å². The third-order valence-corrected chi connectivity index (χ3v) is 3.86. The molecule has 4 heteroatoms. The third kappa shape index (κ3) is 2.44. The fraction of sp³-hybridized carbons (Fsp3) is 0.600. The molecular formula is C15H22N2O2. The van der Waals surface area contributed by atoms with Crippen LogP contribution >= 0.6 is 0 Å². The number of pyridine rings is 1. The average Bonchev–Trinajstić information content (AvgIpc) is 2.31. The van der Waals surface area contributed by atoms with E-state index in [1.54, 1.807) is 11.5 Å². The molecule has 2 rings (SSSR count). The Morgan fingerprint density at radius 1 is 1.32 bits per heavy atom. The molecule has 19 heavy (non-hydrogen) atoms. The second kappa shape index (κ2) is 4.51. The zero-order valence-electron chi connectivity index (χ0n) is 12.4. The smallest absolute Gasteiger partial charge is 0.254 e. The van der Waals surface area contributed by atoms with Gasteiger partial charge in [0.1, 0.15) is 0 Å². The Hall–Kier alpha value is -1.58. The summed E-state index contributed by atoms with van der Waals surface area (Å²) in [6.45, 7) is 9.04. The lowest BCUT2D eigenvalue weighted by atomic mass is 9.86. The molecule has 1 aromatic heterocycles. The van der Waals surface area contributed by atoms with Crippen LogP contribution in [0.5, 0.6) is 0 Å². The number of rotatable bonds is 0. The summed E-state index contributed by atoms with van der Waals surface area (Å²) in [7, 11) is 1.83. The van der Waals surface area contributed by atoms with Crippen molar-refractivity contribution >= 4 is 5.91 Å². The van der Waals surface area contributed by atoms with Crippen LogP contribution in [0.25, 0.3) is 0 Å². The lowest BCUT2D eigenvalue weighted by Crippen LogP contribution is -2.39. The zero-order chi connectivity index (χ0) is 14.4. The highest BCUT2D eigenvalue weighted by molar-refractivity contribution is 5.73. The predicted octanol–water partition coefficient (Wildman–Crippen LogP) is 1.59. The second-order valence-electron chi connectivity index (χ2n) is 6.33. The van der Waals surface area contributed by atoms with Gasteiger partial charge in [-0.15, -0.1) is 0 Å². The van der Waals surface area contributed by atoms with Crippen LogP contribution < -0.4 is 5.56 Å². The molecule has 0 unspecified atom stereocenters. The Balaban J connectivity index is 2.56. The molecule has 1 amide bonds. The van der Waals surface area contributed by atoms with E-state index < -0.39 is 0 Å². The van der Waals surface area contributed by atoms with Crippen LogP contribution in [0.1, 0.15) is 44.5 Å². The van der Waals surface area contributed by atoms with E-state index in [4.69, 9.17) is 0 Å². The monoisotopic (exact) mass is 262 g/mol. The Bertz CT molecular complexity index is 579. The van der Waals surface area contributed by atoms with E-state index in [0.717, 1.165) is 23.2 Å². The summed E-state index contributed by atoms with van der Waals surface area (Å²) in [5.74, 6) is 0.0943. The molecule has 1 aromatic rings. The lowest BCUT2D eigenvalue weighted by Gasteiger charge is -2.31. The minimum Gasteiger partial charge on any atom is -0.338 e. The van der Waals surface area contributed by atoms with Crippen molar-refractivity contribution < 1.29 is 4.79 Å². The van der Waals surface area contributed by atoms with Gasteiger partial charge in [0, 0.05) is 44.7 Å². The summed E-state index contributed by atoms with van der Waals surface area (Å²) in [6, 6.07) is 1.99. The molecule has 0 N–H and O–H groups in total. The quantitative estimate of drug-likeness (QED) is 0.712. The van der Waals surface area contributed by atoms with Crippen molar-refractivity contribution in [1.29, 1.82) is 0 Å². The molecule has 0 bridgehead atoms. The van der Waals surface area contributed by atoms with E-state index in [0.29, 0.717) is 13.1 Å². The molecule has 104 valence electrons. The van der Waals surface area contributed by atoms with Crippen molar-refractivity contribution in [1.82, 2.24) is 9.47 Å². The summed E-state index contributed by atoms with van der Waals surface area (Å²) in [6.07, 6.45) is 0.755. The fourth-order valence-electron chi connectivity index (χ4n) is 2.63. The van der Waals surface area contributed by atoms with Crippen LogP contribution in [0.15, 0.2) is 10.9 Å². The van der Waals surface area contributed by atoms with Gasteiger partial charge in [-0.05, 0) is 17.0 Å². The van der Waals surface area contributed by atoms with Gasteiger partial charge in [0.05, 0.1) is 0 Å². The maximum absolute atomic E-state index is 12.4. The van der Waals surface area contributed by atoms with Gasteiger partial charge < -0.3 is 9.47 Å². The lowest BCUT2D eigenvalue weighted by molar-refractivity contribution is -0.129. The highest BCUT2D eigenvalue weighted by Gasteiger charge is 2.25. The topological polar surface area (TPSA) is 42.3 Å². The Morgan fingerprint density at radius 2 is 1.95 bits per heavy atom. The molecule has 1 aliphatic rings. The van der Waals surface area contributed by atoms with Crippen LogP contribution in [-0.4, -0.2) is 21.9 Å². The van der Waals surface area contributed by atoms with Gasteiger partial charge in [-0.25, -0.2) is 0 Å². The summed E-state index contributed by atoms with van der Waals surface area (Å²) in [5, 5.41) is 0. The van der Waals surface area contributed by atoms with E-state index in [9.17, 15) is 9.59 Å². The highest BCUT2D eigenvalue weighted by Crippen LogP contribution is 2.24. The van der Waals surface area contributed by atoms with Gasteiger partial charge in [-0.2, -0.15) is 0 Å². The molecule has 0 aliphatic carbocycles. The van der Waals surface area contributed by atoms with Crippen molar-refractivity contribution in [2.24, 2.45) is 7.05 Å². The number of fused-ring (bicyclic) bond motifs is 1. The molecule has 1 aliphatic heterocycles. The third-order valence-electron chi connectivity index (χ3n) is 3.86. The van der Waals surface area contributed by atoms with Gasteiger partial charge in [-0.3, -0.25) is 9.59 Å². The summed E-state index contributed by atoms with van der Waals surface area (Å²) in [5.41, 5.74) is 2.90. The number of hydrogen-bond acceptors (Lipinski definition) is 2. The van der Waals surface area contributed by atoms with Crippen molar-refractivity contribution in [3.8, 4) is 0 Å². The molecule has 0 atom stereocenters. The van der Waals surface area contributed by atoms with E-state index in [2.05, 4.69) is 0 Å². The van der Waals surface area contributed by atoms with Crippen molar-refractivity contribution in [3.05, 3.63) is 33.2 Å². The molecule has 0 radical (unpaired) electrons. The van der Waals surface area contributed by atoms with Crippen LogP contribution in [-0.2, 0) is 30.2 Å². The van der Waals surface area contributed by atoms with E-state index >= 15 is 0 Å². The van der Waals surface area contributed by atoms with Gasteiger partial charge in [0.25, 0.3) is 5.56 Å². The van der Waals surface area contributed by atoms with Gasteiger partial charge in [0.2, 0.25) is 5.91 Å². The Labute approximate surface area is 114 Å². The molecule has 4 nitrogen and oxygen atoms in total. The SMILES string of the molecule is CC(=O)N1CCc2c(cc(C(C)(C)C)c(=O)n2C)C1. The minimum atomic E-state index is -0.178. The molecule has 0 spiro atoms. The standard InChI is InChI=1S/C15H22N2O2/c1-10(18)17-7-6-13-11(9-17)8-12(15(2,3)4)14(19)16(13)5/h8H,6-7,9H2,1-5H3. The summed E-state index contributed by atoms with van der Waals surface area (Å²) >= 11 is 0. The van der Waals surface area contributed by atoms with Gasteiger partial charge in [-0.1, -0.05) is 20.8 Å². The van der Waals surface area contributed by atoms with Crippen molar-refractivity contribution in [3.63, 3.8) is 0 Å².